The summed E-state index contributed by atoms with van der Waals surface area (Å²) in [6, 6.07) is 7.26. The van der Waals surface area contributed by atoms with Gasteiger partial charge in [-0.2, -0.15) is 0 Å². The summed E-state index contributed by atoms with van der Waals surface area (Å²) in [7, 11) is 0. The minimum Gasteiger partial charge on any atom is -0.354 e. The van der Waals surface area contributed by atoms with Gasteiger partial charge in [0.25, 0.3) is 5.91 Å². The lowest BCUT2D eigenvalue weighted by Crippen LogP contribution is -2.47. The smallest absolute Gasteiger partial charge is 0.251 e. The van der Waals surface area contributed by atoms with E-state index in [0.717, 1.165) is 4.47 Å². The summed E-state index contributed by atoms with van der Waals surface area (Å²) >= 11 is 3.33. The average Bonchev–Trinajstić information content (AvgIpc) is 2.32. The molecule has 1 unspecified atom stereocenters. The molecule has 0 radical (unpaired) electrons. The summed E-state index contributed by atoms with van der Waals surface area (Å²) in [5, 5.41) is 5.65. The van der Waals surface area contributed by atoms with Crippen LogP contribution < -0.4 is 10.6 Å². The summed E-state index contributed by atoms with van der Waals surface area (Å²) in [6.07, 6.45) is 1.18. The van der Waals surface area contributed by atoms with Crippen LogP contribution in [0.1, 0.15) is 23.2 Å². The second kappa shape index (κ2) is 5.31. The van der Waals surface area contributed by atoms with Gasteiger partial charge in [0.05, 0.1) is 0 Å². The van der Waals surface area contributed by atoms with Gasteiger partial charge in [-0.15, -0.1) is 0 Å². The van der Waals surface area contributed by atoms with Crippen molar-refractivity contribution in [2.24, 2.45) is 0 Å². The van der Waals surface area contributed by atoms with E-state index in [2.05, 4.69) is 26.6 Å². The summed E-state index contributed by atoms with van der Waals surface area (Å²) in [5.41, 5.74) is 0.622. The zero-order chi connectivity index (χ0) is 12.3. The fourth-order valence-electron chi connectivity index (χ4n) is 1.75. The van der Waals surface area contributed by atoms with Gasteiger partial charge < -0.3 is 10.6 Å². The molecular weight excluding hydrogens is 284 g/mol. The van der Waals surface area contributed by atoms with Gasteiger partial charge >= 0.3 is 0 Å². The Morgan fingerprint density at radius 2 is 2.29 bits per heavy atom. The summed E-state index contributed by atoms with van der Waals surface area (Å²) in [4.78, 5) is 22.9. The molecule has 4 nitrogen and oxygen atoms in total. The zero-order valence-corrected chi connectivity index (χ0v) is 10.8. The van der Waals surface area contributed by atoms with Crippen molar-refractivity contribution in [3.8, 4) is 0 Å². The highest BCUT2D eigenvalue weighted by molar-refractivity contribution is 9.10. The first-order chi connectivity index (χ1) is 8.15. The molecule has 0 bridgehead atoms. The number of piperidine rings is 1. The SMILES string of the molecule is O=C1CCC(NC(=O)c2cccc(Br)c2)CN1. The molecule has 90 valence electrons. The molecule has 0 saturated carbocycles. The summed E-state index contributed by atoms with van der Waals surface area (Å²) in [5.74, 6) is -0.0506. The van der Waals surface area contributed by atoms with Gasteiger partial charge in [0, 0.05) is 29.0 Å². The third-order valence-electron chi connectivity index (χ3n) is 2.69. The molecule has 1 atom stereocenters. The molecule has 2 N–H and O–H groups in total. The predicted molar refractivity (Wildman–Crippen MR) is 67.6 cm³/mol. The van der Waals surface area contributed by atoms with Gasteiger partial charge in [-0.25, -0.2) is 0 Å². The lowest BCUT2D eigenvalue weighted by Gasteiger charge is -2.23. The van der Waals surface area contributed by atoms with Gasteiger partial charge in [-0.05, 0) is 24.6 Å². The maximum Gasteiger partial charge on any atom is 0.251 e. The summed E-state index contributed by atoms with van der Waals surface area (Å²) < 4.78 is 0.877. The first-order valence-corrected chi connectivity index (χ1v) is 6.27. The van der Waals surface area contributed by atoms with E-state index in [9.17, 15) is 9.59 Å². The standard InChI is InChI=1S/C12H13BrN2O2/c13-9-3-1-2-8(6-9)12(17)15-10-4-5-11(16)14-7-10/h1-3,6,10H,4-5,7H2,(H,14,16)(H,15,17). The number of carbonyl (C=O) groups is 2. The molecule has 1 aliphatic heterocycles. The van der Waals surface area contributed by atoms with Gasteiger partial charge in [0.1, 0.15) is 0 Å². The van der Waals surface area contributed by atoms with Crippen LogP contribution in [0.25, 0.3) is 0 Å². The molecule has 0 spiro atoms. The number of amides is 2. The van der Waals surface area contributed by atoms with Crippen LogP contribution in [-0.4, -0.2) is 24.4 Å². The molecular formula is C12H13BrN2O2. The van der Waals surface area contributed by atoms with Crippen LogP contribution in [0.3, 0.4) is 0 Å². The largest absolute Gasteiger partial charge is 0.354 e. The Balaban J connectivity index is 1.95. The fraction of sp³-hybridized carbons (Fsp3) is 0.333. The van der Waals surface area contributed by atoms with E-state index in [1.807, 2.05) is 12.1 Å². The minimum absolute atomic E-state index is 0.0270. The Morgan fingerprint density at radius 1 is 1.47 bits per heavy atom. The van der Waals surface area contributed by atoms with E-state index in [1.54, 1.807) is 12.1 Å². The van der Waals surface area contributed by atoms with Crippen LogP contribution in [0.5, 0.6) is 0 Å². The predicted octanol–water partition coefficient (Wildman–Crippen LogP) is 1.46. The van der Waals surface area contributed by atoms with Crippen molar-refractivity contribution in [1.29, 1.82) is 0 Å². The maximum absolute atomic E-state index is 11.9. The highest BCUT2D eigenvalue weighted by Crippen LogP contribution is 2.12. The minimum atomic E-state index is -0.104. The van der Waals surface area contributed by atoms with Crippen molar-refractivity contribution in [3.63, 3.8) is 0 Å². The molecule has 0 aromatic heterocycles. The molecule has 1 aromatic rings. The third-order valence-corrected chi connectivity index (χ3v) is 3.18. The van der Waals surface area contributed by atoms with Crippen LogP contribution in [0.4, 0.5) is 0 Å². The number of halogens is 1. The Kier molecular flexibility index (Phi) is 3.78. The van der Waals surface area contributed by atoms with Crippen molar-refractivity contribution < 1.29 is 9.59 Å². The topological polar surface area (TPSA) is 58.2 Å². The Morgan fingerprint density at radius 3 is 2.94 bits per heavy atom. The maximum atomic E-state index is 11.9. The molecule has 0 aliphatic carbocycles. The van der Waals surface area contributed by atoms with Crippen molar-refractivity contribution in [1.82, 2.24) is 10.6 Å². The van der Waals surface area contributed by atoms with Crippen molar-refractivity contribution >= 4 is 27.7 Å². The molecule has 1 aliphatic rings. The number of nitrogens with one attached hydrogen (secondary N) is 2. The Bertz CT molecular complexity index is 438. The quantitative estimate of drug-likeness (QED) is 0.868. The van der Waals surface area contributed by atoms with Crippen LogP contribution in [-0.2, 0) is 4.79 Å². The number of carbonyl (C=O) groups excluding carboxylic acids is 2. The van der Waals surface area contributed by atoms with E-state index in [4.69, 9.17) is 0 Å². The highest BCUT2D eigenvalue weighted by atomic mass is 79.9. The first-order valence-electron chi connectivity index (χ1n) is 5.48. The normalized spacial score (nSPS) is 19.6. The van der Waals surface area contributed by atoms with Crippen LogP contribution in [0.15, 0.2) is 28.7 Å². The van der Waals surface area contributed by atoms with Crippen LogP contribution in [0.2, 0.25) is 0 Å². The molecule has 1 saturated heterocycles. The highest BCUT2D eigenvalue weighted by Gasteiger charge is 2.19. The molecule has 17 heavy (non-hydrogen) atoms. The van der Waals surface area contributed by atoms with E-state index in [0.29, 0.717) is 24.9 Å². The summed E-state index contributed by atoms with van der Waals surface area (Å²) in [6.45, 7) is 0.512. The first kappa shape index (κ1) is 12.1. The Labute approximate surface area is 108 Å². The molecule has 5 heteroatoms. The number of rotatable bonds is 2. The van der Waals surface area contributed by atoms with Crippen LogP contribution in [0, 0.1) is 0 Å². The van der Waals surface area contributed by atoms with E-state index in [1.165, 1.54) is 0 Å². The van der Waals surface area contributed by atoms with Crippen molar-refractivity contribution in [3.05, 3.63) is 34.3 Å². The average molecular weight is 297 g/mol. The number of benzene rings is 1. The second-order valence-corrected chi connectivity index (χ2v) is 4.94. The Hall–Kier alpha value is -1.36. The van der Waals surface area contributed by atoms with E-state index in [-0.39, 0.29) is 17.9 Å². The van der Waals surface area contributed by atoms with Gasteiger partial charge in [0.15, 0.2) is 0 Å². The molecule has 2 rings (SSSR count). The van der Waals surface area contributed by atoms with Gasteiger partial charge in [0.2, 0.25) is 5.91 Å². The van der Waals surface area contributed by atoms with Crippen molar-refractivity contribution in [2.45, 2.75) is 18.9 Å². The van der Waals surface area contributed by atoms with E-state index >= 15 is 0 Å². The molecule has 1 heterocycles. The molecule has 1 fully saturated rings. The van der Waals surface area contributed by atoms with E-state index < -0.39 is 0 Å². The second-order valence-electron chi connectivity index (χ2n) is 4.02. The number of hydrogen-bond acceptors (Lipinski definition) is 2. The number of hydrogen-bond donors (Lipinski definition) is 2. The monoisotopic (exact) mass is 296 g/mol. The van der Waals surface area contributed by atoms with Gasteiger partial charge in [-0.3, -0.25) is 9.59 Å². The molecule has 2 amide bonds. The third kappa shape index (κ3) is 3.30. The lowest BCUT2D eigenvalue weighted by molar-refractivity contribution is -0.122. The zero-order valence-electron chi connectivity index (χ0n) is 9.20. The fourth-order valence-corrected chi connectivity index (χ4v) is 2.15. The van der Waals surface area contributed by atoms with Crippen LogP contribution >= 0.6 is 15.9 Å². The van der Waals surface area contributed by atoms with Gasteiger partial charge in [-0.1, -0.05) is 22.0 Å². The lowest BCUT2D eigenvalue weighted by atomic mass is 10.1. The molecule has 1 aromatic carbocycles. The van der Waals surface area contributed by atoms with Crippen molar-refractivity contribution in [2.75, 3.05) is 6.54 Å².